The number of methoxy groups -OCH3 is 1. The van der Waals surface area contributed by atoms with Crippen molar-refractivity contribution in [2.75, 3.05) is 18.6 Å². The summed E-state index contributed by atoms with van der Waals surface area (Å²) in [7, 11) is 1.57. The number of nitrogens with zero attached hydrogens (tertiary/aromatic N) is 2. The van der Waals surface area contributed by atoms with Crippen LogP contribution in [-0.2, 0) is 9.59 Å². The smallest absolute Gasteiger partial charge is 0.270 e. The van der Waals surface area contributed by atoms with Gasteiger partial charge in [0.05, 0.1) is 12.8 Å². The van der Waals surface area contributed by atoms with Gasteiger partial charge in [0, 0.05) is 12.1 Å². The Morgan fingerprint density at radius 2 is 1.65 bits per heavy atom. The van der Waals surface area contributed by atoms with Gasteiger partial charge in [0.25, 0.3) is 11.8 Å². The fraction of sp³-hybridized carbons (Fsp3) is 0.160. The Balaban J connectivity index is 1.92. The monoisotopic (exact) mass is 430 g/mol. The lowest BCUT2D eigenvalue weighted by Gasteiger charge is -2.36. The summed E-state index contributed by atoms with van der Waals surface area (Å²) in [4.78, 5) is 29.8. The molecule has 0 aliphatic carbocycles. The zero-order valence-corrected chi connectivity index (χ0v) is 18.2. The summed E-state index contributed by atoms with van der Waals surface area (Å²) in [5.74, 6) is -0.240. The normalized spacial score (nSPS) is 15.8. The van der Waals surface area contributed by atoms with Gasteiger partial charge in [-0.3, -0.25) is 19.4 Å². The predicted molar refractivity (Wildman–Crippen MR) is 127 cm³/mol. The van der Waals surface area contributed by atoms with Crippen molar-refractivity contribution in [1.29, 1.82) is 0 Å². The van der Waals surface area contributed by atoms with Crippen LogP contribution in [0.25, 0.3) is 16.8 Å². The molecule has 5 nitrogen and oxygen atoms in total. The number of hydrogen-bond acceptors (Lipinski definition) is 4. The van der Waals surface area contributed by atoms with Crippen molar-refractivity contribution in [3.8, 4) is 5.75 Å². The molecule has 0 aromatic heterocycles. The summed E-state index contributed by atoms with van der Waals surface area (Å²) in [6.45, 7) is 2.40. The molecular weight excluding hydrogens is 408 g/mol. The summed E-state index contributed by atoms with van der Waals surface area (Å²) in [6.07, 6.45) is 2.35. The number of thiocarbonyl (C=S) groups is 1. The second kappa shape index (κ2) is 8.70. The van der Waals surface area contributed by atoms with Gasteiger partial charge in [-0.25, -0.2) is 0 Å². The van der Waals surface area contributed by atoms with E-state index >= 15 is 0 Å². The average Bonchev–Trinajstić information content (AvgIpc) is 2.80. The Kier molecular flexibility index (Phi) is 5.82. The van der Waals surface area contributed by atoms with Gasteiger partial charge in [-0.05, 0) is 53.7 Å². The van der Waals surface area contributed by atoms with Crippen LogP contribution in [0.3, 0.4) is 0 Å². The van der Waals surface area contributed by atoms with Gasteiger partial charge in [0.15, 0.2) is 5.11 Å². The molecule has 1 saturated heterocycles. The van der Waals surface area contributed by atoms with Crippen LogP contribution in [0.5, 0.6) is 5.75 Å². The number of carbonyl (C=O) groups is 2. The molecule has 0 atom stereocenters. The summed E-state index contributed by atoms with van der Waals surface area (Å²) in [5.41, 5.74) is 1.37. The molecule has 1 aliphatic heterocycles. The number of benzene rings is 3. The third-order valence-electron chi connectivity index (χ3n) is 5.23. The molecule has 156 valence electrons. The first kappa shape index (κ1) is 20.8. The lowest BCUT2D eigenvalue weighted by atomic mass is 9.99. The highest BCUT2D eigenvalue weighted by Gasteiger charge is 2.40. The SMILES string of the molecule is CCCN1C(=O)/C(=C/c2c(OC)ccc3ccccc23)C(=O)N(c2ccccc2)C1=S. The highest BCUT2D eigenvalue weighted by atomic mass is 32.1. The molecule has 1 aliphatic rings. The molecule has 1 fully saturated rings. The number of anilines is 1. The molecule has 0 bridgehead atoms. The average molecular weight is 431 g/mol. The van der Waals surface area contributed by atoms with E-state index < -0.39 is 5.91 Å². The highest BCUT2D eigenvalue weighted by molar-refractivity contribution is 7.80. The van der Waals surface area contributed by atoms with Crippen molar-refractivity contribution in [1.82, 2.24) is 4.90 Å². The van der Waals surface area contributed by atoms with E-state index in [0.29, 0.717) is 30.0 Å². The Morgan fingerprint density at radius 1 is 0.935 bits per heavy atom. The number of ether oxygens (including phenoxy) is 1. The molecule has 1 heterocycles. The molecule has 3 aromatic carbocycles. The second-order valence-corrected chi connectivity index (χ2v) is 7.54. The summed E-state index contributed by atoms with van der Waals surface area (Å²) in [6, 6.07) is 20.7. The molecule has 0 saturated carbocycles. The molecule has 0 N–H and O–H groups in total. The molecule has 6 heteroatoms. The largest absolute Gasteiger partial charge is 0.496 e. The summed E-state index contributed by atoms with van der Waals surface area (Å²) in [5, 5.41) is 2.09. The van der Waals surface area contributed by atoms with Crippen LogP contribution in [0.1, 0.15) is 18.9 Å². The zero-order chi connectivity index (χ0) is 22.0. The minimum absolute atomic E-state index is 0.0561. The van der Waals surface area contributed by atoms with E-state index in [4.69, 9.17) is 17.0 Å². The molecule has 2 amide bonds. The zero-order valence-electron chi connectivity index (χ0n) is 17.4. The molecule has 0 spiro atoms. The van der Waals surface area contributed by atoms with Crippen LogP contribution < -0.4 is 9.64 Å². The van der Waals surface area contributed by atoms with Crippen LogP contribution in [0.2, 0.25) is 0 Å². The van der Waals surface area contributed by atoms with E-state index in [-0.39, 0.29) is 16.6 Å². The highest BCUT2D eigenvalue weighted by Crippen LogP contribution is 2.32. The lowest BCUT2D eigenvalue weighted by molar-refractivity contribution is -0.127. The first-order valence-electron chi connectivity index (χ1n) is 10.1. The minimum Gasteiger partial charge on any atom is -0.496 e. The lowest BCUT2D eigenvalue weighted by Crippen LogP contribution is -2.56. The van der Waals surface area contributed by atoms with E-state index in [0.717, 1.165) is 10.8 Å². The van der Waals surface area contributed by atoms with E-state index in [1.54, 1.807) is 25.3 Å². The van der Waals surface area contributed by atoms with Gasteiger partial charge in [0.2, 0.25) is 0 Å². The maximum atomic E-state index is 13.5. The molecular formula is C25H22N2O3S. The molecule has 0 unspecified atom stereocenters. The fourth-order valence-electron chi connectivity index (χ4n) is 3.75. The maximum Gasteiger partial charge on any atom is 0.270 e. The predicted octanol–water partition coefficient (Wildman–Crippen LogP) is 4.80. The number of amides is 2. The van der Waals surface area contributed by atoms with Gasteiger partial charge in [-0.15, -0.1) is 0 Å². The third kappa shape index (κ3) is 3.70. The third-order valence-corrected chi connectivity index (χ3v) is 5.64. The Labute approximate surface area is 186 Å². The van der Waals surface area contributed by atoms with Crippen LogP contribution >= 0.6 is 12.2 Å². The molecule has 4 rings (SSSR count). The van der Waals surface area contributed by atoms with E-state index in [9.17, 15) is 9.59 Å². The standard InChI is InChI=1S/C25H22N2O3S/c1-3-15-26-23(28)21(24(29)27(25(26)31)18-10-5-4-6-11-18)16-20-19-12-8-7-9-17(19)13-14-22(20)30-2/h4-14,16H,3,15H2,1-2H3/b21-16-. The van der Waals surface area contributed by atoms with Gasteiger partial charge in [-0.2, -0.15) is 0 Å². The van der Waals surface area contributed by atoms with Crippen molar-refractivity contribution in [2.45, 2.75) is 13.3 Å². The summed E-state index contributed by atoms with van der Waals surface area (Å²) < 4.78 is 5.55. The van der Waals surface area contributed by atoms with Crippen molar-refractivity contribution >= 4 is 51.7 Å². The first-order valence-corrected chi connectivity index (χ1v) is 10.5. The van der Waals surface area contributed by atoms with E-state index in [1.165, 1.54) is 9.80 Å². The van der Waals surface area contributed by atoms with Crippen molar-refractivity contribution in [3.63, 3.8) is 0 Å². The molecule has 3 aromatic rings. The minimum atomic E-state index is -0.441. The Bertz CT molecular complexity index is 1200. The summed E-state index contributed by atoms with van der Waals surface area (Å²) >= 11 is 5.55. The van der Waals surface area contributed by atoms with Gasteiger partial charge in [-0.1, -0.05) is 55.5 Å². The maximum absolute atomic E-state index is 13.5. The fourth-order valence-corrected chi connectivity index (χ4v) is 4.11. The first-order chi connectivity index (χ1) is 15.1. The topological polar surface area (TPSA) is 49.9 Å². The van der Waals surface area contributed by atoms with Crippen LogP contribution in [0.15, 0.2) is 72.3 Å². The van der Waals surface area contributed by atoms with Crippen molar-refractivity contribution in [2.24, 2.45) is 0 Å². The number of rotatable bonds is 5. The van der Waals surface area contributed by atoms with Gasteiger partial charge in [0.1, 0.15) is 11.3 Å². The van der Waals surface area contributed by atoms with Crippen LogP contribution in [0.4, 0.5) is 5.69 Å². The Morgan fingerprint density at radius 3 is 2.35 bits per heavy atom. The van der Waals surface area contributed by atoms with Crippen LogP contribution in [0, 0.1) is 0 Å². The van der Waals surface area contributed by atoms with Gasteiger partial charge < -0.3 is 4.74 Å². The number of hydrogen-bond donors (Lipinski definition) is 0. The van der Waals surface area contributed by atoms with E-state index in [1.807, 2.05) is 61.5 Å². The molecule has 31 heavy (non-hydrogen) atoms. The van der Waals surface area contributed by atoms with Crippen molar-refractivity contribution < 1.29 is 14.3 Å². The van der Waals surface area contributed by atoms with Gasteiger partial charge >= 0.3 is 0 Å². The quantitative estimate of drug-likeness (QED) is 0.331. The van der Waals surface area contributed by atoms with Crippen LogP contribution in [-0.4, -0.2) is 35.5 Å². The number of fused-ring (bicyclic) bond motifs is 1. The Hall–Kier alpha value is -3.51. The number of para-hydroxylation sites is 1. The number of carbonyl (C=O) groups excluding carboxylic acids is 2. The molecule has 0 radical (unpaired) electrons. The van der Waals surface area contributed by atoms with E-state index in [2.05, 4.69) is 0 Å². The van der Waals surface area contributed by atoms with Crippen molar-refractivity contribution in [3.05, 3.63) is 77.9 Å². The second-order valence-electron chi connectivity index (χ2n) is 7.18.